The molecule has 0 atom stereocenters. The van der Waals surface area contributed by atoms with E-state index in [9.17, 15) is 14.4 Å². The molecule has 1 N–H and O–H groups in total. The van der Waals surface area contributed by atoms with Crippen molar-refractivity contribution >= 4 is 17.9 Å². The minimum Gasteiger partial charge on any atom is -0.478 e. The predicted octanol–water partition coefficient (Wildman–Crippen LogP) is -0.117. The summed E-state index contributed by atoms with van der Waals surface area (Å²) < 4.78 is 4.00. The fraction of sp³-hybridized carbons (Fsp3) is 0. The Kier molecular flexibility index (Phi) is 4.07. The highest BCUT2D eigenvalue weighted by molar-refractivity contribution is 5.98. The van der Waals surface area contributed by atoms with E-state index in [1.165, 1.54) is 0 Å². The van der Waals surface area contributed by atoms with Gasteiger partial charge < -0.3 is 9.84 Å². The van der Waals surface area contributed by atoms with Gasteiger partial charge in [-0.3, -0.25) is 0 Å². The van der Waals surface area contributed by atoms with Crippen molar-refractivity contribution in [2.75, 3.05) is 0 Å². The Hall–Kier alpha value is -1.91. The van der Waals surface area contributed by atoms with Crippen LogP contribution < -0.4 is 0 Å². The van der Waals surface area contributed by atoms with Crippen LogP contribution in [-0.4, -0.2) is 23.0 Å². The van der Waals surface area contributed by atoms with E-state index >= 15 is 0 Å². The normalized spacial score (nSPS) is 9.33. The van der Waals surface area contributed by atoms with Gasteiger partial charge in [0.05, 0.1) is 0 Å². The van der Waals surface area contributed by atoms with Crippen LogP contribution in [0.3, 0.4) is 0 Å². The van der Waals surface area contributed by atoms with E-state index in [2.05, 4.69) is 11.3 Å². The Morgan fingerprint density at radius 1 is 1.17 bits per heavy atom. The number of ether oxygens (including phenoxy) is 1. The summed E-state index contributed by atoms with van der Waals surface area (Å²) in [4.78, 5) is 30.7. The second-order valence-corrected chi connectivity index (χ2v) is 1.62. The molecule has 0 saturated heterocycles. The number of esters is 2. The highest BCUT2D eigenvalue weighted by atomic mass is 16.6. The van der Waals surface area contributed by atoms with Gasteiger partial charge in [-0.05, 0) is 0 Å². The lowest BCUT2D eigenvalue weighted by atomic mass is 10.5. The molecule has 0 heterocycles. The third kappa shape index (κ3) is 4.92. The maximum Gasteiger partial charge on any atom is 0.338 e. The first-order valence-electron chi connectivity index (χ1n) is 2.85. The molecular formula is C7H6O5. The summed E-state index contributed by atoms with van der Waals surface area (Å²) in [6, 6.07) is 0. The first-order chi connectivity index (χ1) is 5.56. The largest absolute Gasteiger partial charge is 0.478 e. The van der Waals surface area contributed by atoms with E-state index in [1.54, 1.807) is 0 Å². The number of hydrogen-bond donors (Lipinski definition) is 1. The molecule has 5 heteroatoms. The van der Waals surface area contributed by atoms with E-state index in [0.29, 0.717) is 12.2 Å². The smallest absolute Gasteiger partial charge is 0.338 e. The van der Waals surface area contributed by atoms with Gasteiger partial charge >= 0.3 is 17.9 Å². The van der Waals surface area contributed by atoms with Crippen LogP contribution in [0.1, 0.15) is 0 Å². The lowest BCUT2D eigenvalue weighted by molar-refractivity contribution is -0.152. The molecule has 0 fully saturated rings. The summed E-state index contributed by atoms with van der Waals surface area (Å²) in [5, 5.41) is 8.05. The monoisotopic (exact) mass is 170 g/mol. The second-order valence-electron chi connectivity index (χ2n) is 1.62. The Morgan fingerprint density at radius 3 is 2.17 bits per heavy atom. The molecule has 5 nitrogen and oxygen atoms in total. The molecule has 0 aliphatic carbocycles. The van der Waals surface area contributed by atoms with E-state index in [-0.39, 0.29) is 0 Å². The number of hydrogen-bond acceptors (Lipinski definition) is 4. The van der Waals surface area contributed by atoms with Gasteiger partial charge in [-0.2, -0.15) is 0 Å². The number of carboxylic acid groups (broad SMARTS) is 1. The lowest BCUT2D eigenvalue weighted by Gasteiger charge is -1.91. The third-order valence-corrected chi connectivity index (χ3v) is 0.730. The van der Waals surface area contributed by atoms with Gasteiger partial charge in [0.2, 0.25) is 0 Å². The molecule has 0 unspecified atom stereocenters. The molecule has 12 heavy (non-hydrogen) atoms. The minimum absolute atomic E-state index is 0.568. The highest BCUT2D eigenvalue weighted by Crippen LogP contribution is 1.84. The van der Waals surface area contributed by atoms with E-state index in [1.807, 2.05) is 0 Å². The summed E-state index contributed by atoms with van der Waals surface area (Å²) in [6.07, 6.45) is 1.99. The molecular weight excluding hydrogens is 164 g/mol. The average Bonchev–Trinajstić information content (AvgIpc) is 2.00. The van der Waals surface area contributed by atoms with Crippen molar-refractivity contribution in [2.45, 2.75) is 0 Å². The molecule has 0 saturated carbocycles. The average molecular weight is 170 g/mol. The molecule has 0 aromatic heterocycles. The molecule has 0 rings (SSSR count). The maximum atomic E-state index is 10.5. The molecule has 0 bridgehead atoms. The fourth-order valence-electron chi connectivity index (χ4n) is 0.314. The van der Waals surface area contributed by atoms with Crippen molar-refractivity contribution in [3.63, 3.8) is 0 Å². The Bertz CT molecular complexity index is 251. The van der Waals surface area contributed by atoms with Gasteiger partial charge in [-0.15, -0.1) is 0 Å². The maximum absolute atomic E-state index is 10.5. The summed E-state index contributed by atoms with van der Waals surface area (Å²) in [5.74, 6) is -3.25. The standard InChI is InChI=1S/C7H6O5/c1-2-6(10)12-7(11)4-3-5(8)9/h2-4H,1H2,(H,8,9)/b4-3-. The zero-order valence-corrected chi connectivity index (χ0v) is 6.02. The highest BCUT2D eigenvalue weighted by Gasteiger charge is 2.02. The molecule has 0 amide bonds. The predicted molar refractivity (Wildman–Crippen MR) is 38.1 cm³/mol. The van der Waals surface area contributed by atoms with E-state index in [0.717, 1.165) is 6.08 Å². The Balaban J connectivity index is 3.98. The fourth-order valence-corrected chi connectivity index (χ4v) is 0.314. The molecule has 0 aliphatic rings. The van der Waals surface area contributed by atoms with E-state index < -0.39 is 17.9 Å². The summed E-state index contributed by atoms with van der Waals surface area (Å²) in [6.45, 7) is 3.04. The number of carbonyl (C=O) groups excluding carboxylic acids is 2. The summed E-state index contributed by atoms with van der Waals surface area (Å²) in [5.41, 5.74) is 0. The first-order valence-corrected chi connectivity index (χ1v) is 2.85. The van der Waals surface area contributed by atoms with Crippen molar-refractivity contribution in [1.29, 1.82) is 0 Å². The van der Waals surface area contributed by atoms with Crippen LogP contribution in [0.5, 0.6) is 0 Å². The number of carbonyl (C=O) groups is 3. The van der Waals surface area contributed by atoms with Gasteiger partial charge in [0, 0.05) is 18.2 Å². The van der Waals surface area contributed by atoms with Crippen LogP contribution in [0, 0.1) is 0 Å². The first kappa shape index (κ1) is 10.1. The van der Waals surface area contributed by atoms with Crippen molar-refractivity contribution in [2.24, 2.45) is 0 Å². The molecule has 0 aromatic rings. The quantitative estimate of drug-likeness (QED) is 0.363. The lowest BCUT2D eigenvalue weighted by Crippen LogP contribution is -2.07. The van der Waals surface area contributed by atoms with Gasteiger partial charge in [-0.25, -0.2) is 14.4 Å². The summed E-state index contributed by atoms with van der Waals surface area (Å²) in [7, 11) is 0. The van der Waals surface area contributed by atoms with Crippen LogP contribution in [-0.2, 0) is 19.1 Å². The van der Waals surface area contributed by atoms with Crippen LogP contribution >= 0.6 is 0 Å². The third-order valence-electron chi connectivity index (χ3n) is 0.730. The minimum atomic E-state index is -1.29. The second kappa shape index (κ2) is 4.84. The zero-order valence-electron chi connectivity index (χ0n) is 6.02. The van der Waals surface area contributed by atoms with Gasteiger partial charge in [0.1, 0.15) is 0 Å². The molecule has 64 valence electrons. The number of carboxylic acids is 1. The van der Waals surface area contributed by atoms with Gasteiger partial charge in [0.15, 0.2) is 0 Å². The van der Waals surface area contributed by atoms with Crippen molar-refractivity contribution in [1.82, 2.24) is 0 Å². The van der Waals surface area contributed by atoms with Crippen molar-refractivity contribution in [3.05, 3.63) is 24.8 Å². The molecule has 0 aliphatic heterocycles. The number of rotatable bonds is 3. The van der Waals surface area contributed by atoms with Crippen molar-refractivity contribution < 1.29 is 24.2 Å². The Morgan fingerprint density at radius 2 is 1.75 bits per heavy atom. The number of aliphatic carboxylic acids is 1. The molecule has 0 aromatic carbocycles. The Labute approximate surface area is 67.9 Å². The molecule has 0 radical (unpaired) electrons. The van der Waals surface area contributed by atoms with Crippen LogP contribution in [0.25, 0.3) is 0 Å². The van der Waals surface area contributed by atoms with Crippen LogP contribution in [0.15, 0.2) is 24.8 Å². The van der Waals surface area contributed by atoms with Crippen LogP contribution in [0.4, 0.5) is 0 Å². The SMILES string of the molecule is C=CC(=O)OC(=O)/C=C\C(=O)O. The topological polar surface area (TPSA) is 80.7 Å². The van der Waals surface area contributed by atoms with Gasteiger partial charge in [-0.1, -0.05) is 6.58 Å². The van der Waals surface area contributed by atoms with Crippen LogP contribution in [0.2, 0.25) is 0 Å². The summed E-state index contributed by atoms with van der Waals surface area (Å²) >= 11 is 0. The van der Waals surface area contributed by atoms with Gasteiger partial charge in [0.25, 0.3) is 0 Å². The molecule has 0 spiro atoms. The van der Waals surface area contributed by atoms with Crippen molar-refractivity contribution in [3.8, 4) is 0 Å². The zero-order chi connectivity index (χ0) is 9.56. The van der Waals surface area contributed by atoms with E-state index in [4.69, 9.17) is 5.11 Å².